The zero-order chi connectivity index (χ0) is 12.4. The van der Waals surface area contributed by atoms with Gasteiger partial charge in [0, 0.05) is 11.9 Å². The molecule has 0 N–H and O–H groups in total. The van der Waals surface area contributed by atoms with Gasteiger partial charge in [-0.3, -0.25) is 0 Å². The second-order valence-electron chi connectivity index (χ2n) is 4.28. The van der Waals surface area contributed by atoms with Crippen molar-refractivity contribution in [2.75, 3.05) is 0 Å². The van der Waals surface area contributed by atoms with E-state index in [1.807, 2.05) is 25.3 Å². The van der Waals surface area contributed by atoms with Gasteiger partial charge in [-0.25, -0.2) is 9.67 Å². The van der Waals surface area contributed by atoms with E-state index >= 15 is 0 Å². The molecule has 0 aliphatic rings. The molecule has 0 saturated carbocycles. The molecule has 2 aromatic heterocycles. The Labute approximate surface area is 101 Å². The maximum absolute atomic E-state index is 9.06. The maximum atomic E-state index is 9.06. The topological polar surface area (TPSA) is 54.5 Å². The van der Waals surface area contributed by atoms with Crippen LogP contribution in [0.25, 0.3) is 5.82 Å². The molecule has 0 amide bonds. The Morgan fingerprint density at radius 1 is 1.29 bits per heavy atom. The van der Waals surface area contributed by atoms with Crippen molar-refractivity contribution in [1.29, 1.82) is 5.26 Å². The Bertz CT molecular complexity index is 575. The molecule has 0 saturated heterocycles. The van der Waals surface area contributed by atoms with Crippen LogP contribution in [-0.4, -0.2) is 14.8 Å². The minimum Gasteiger partial charge on any atom is -0.233 e. The predicted molar refractivity (Wildman–Crippen MR) is 64.9 cm³/mol. The molecular formula is C13H14N4. The van der Waals surface area contributed by atoms with Gasteiger partial charge in [-0.2, -0.15) is 10.4 Å². The molecule has 4 nitrogen and oxygen atoms in total. The molecule has 0 radical (unpaired) electrons. The molecule has 2 aromatic rings. The van der Waals surface area contributed by atoms with E-state index < -0.39 is 0 Å². The number of aryl methyl sites for hydroxylation is 1. The van der Waals surface area contributed by atoms with E-state index in [9.17, 15) is 0 Å². The highest BCUT2D eigenvalue weighted by atomic mass is 15.3. The number of hydrogen-bond acceptors (Lipinski definition) is 3. The number of aromatic nitrogens is 3. The van der Waals surface area contributed by atoms with Crippen LogP contribution in [0, 0.1) is 18.3 Å². The van der Waals surface area contributed by atoms with Gasteiger partial charge in [0.1, 0.15) is 6.07 Å². The molecule has 4 heteroatoms. The van der Waals surface area contributed by atoms with Crippen molar-refractivity contribution in [1.82, 2.24) is 14.8 Å². The molecule has 2 heterocycles. The van der Waals surface area contributed by atoms with E-state index in [4.69, 9.17) is 5.26 Å². The van der Waals surface area contributed by atoms with E-state index in [1.165, 1.54) is 0 Å². The standard InChI is InChI=1S/C13H14N4/c1-9(2)12-6-7-17(16-12)13-11(8-14)5-4-10(3)15-13/h4-7,9H,1-3H3. The van der Waals surface area contributed by atoms with E-state index in [0.717, 1.165) is 11.4 Å². The highest BCUT2D eigenvalue weighted by molar-refractivity contribution is 5.43. The van der Waals surface area contributed by atoms with Crippen LogP contribution in [0.4, 0.5) is 0 Å². The first kappa shape index (κ1) is 11.3. The molecule has 2 rings (SSSR count). The predicted octanol–water partition coefficient (Wildman–Crippen LogP) is 2.57. The fourth-order valence-corrected chi connectivity index (χ4v) is 1.57. The van der Waals surface area contributed by atoms with Crippen molar-refractivity contribution < 1.29 is 0 Å². The van der Waals surface area contributed by atoms with Crippen molar-refractivity contribution in [2.45, 2.75) is 26.7 Å². The SMILES string of the molecule is Cc1ccc(C#N)c(-n2ccc(C(C)C)n2)n1. The van der Waals surface area contributed by atoms with Gasteiger partial charge in [0.05, 0.1) is 11.3 Å². The molecule has 0 unspecified atom stereocenters. The quantitative estimate of drug-likeness (QED) is 0.790. The molecular weight excluding hydrogens is 212 g/mol. The summed E-state index contributed by atoms with van der Waals surface area (Å²) in [7, 11) is 0. The van der Waals surface area contributed by atoms with Gasteiger partial charge >= 0.3 is 0 Å². The van der Waals surface area contributed by atoms with Gasteiger partial charge in [-0.05, 0) is 31.0 Å². The average molecular weight is 226 g/mol. The number of hydrogen-bond donors (Lipinski definition) is 0. The average Bonchev–Trinajstić information content (AvgIpc) is 2.78. The summed E-state index contributed by atoms with van der Waals surface area (Å²) in [4.78, 5) is 4.36. The number of rotatable bonds is 2. The summed E-state index contributed by atoms with van der Waals surface area (Å²) in [5, 5.41) is 13.5. The van der Waals surface area contributed by atoms with E-state index in [2.05, 4.69) is 30.0 Å². The fourth-order valence-electron chi connectivity index (χ4n) is 1.57. The van der Waals surface area contributed by atoms with E-state index in [-0.39, 0.29) is 0 Å². The molecule has 0 aliphatic carbocycles. The van der Waals surface area contributed by atoms with Crippen molar-refractivity contribution in [2.24, 2.45) is 0 Å². The first-order valence-corrected chi connectivity index (χ1v) is 5.55. The third-order valence-corrected chi connectivity index (χ3v) is 2.55. The first-order chi connectivity index (χ1) is 8.11. The van der Waals surface area contributed by atoms with Gasteiger partial charge in [-0.15, -0.1) is 0 Å². The van der Waals surface area contributed by atoms with Crippen LogP contribution in [0.3, 0.4) is 0 Å². The summed E-state index contributed by atoms with van der Waals surface area (Å²) in [6.07, 6.45) is 1.85. The monoisotopic (exact) mass is 226 g/mol. The molecule has 0 atom stereocenters. The minimum absolute atomic E-state index is 0.367. The second kappa shape index (κ2) is 4.38. The summed E-state index contributed by atoms with van der Waals surface area (Å²) in [5.41, 5.74) is 2.41. The third-order valence-electron chi connectivity index (χ3n) is 2.55. The Morgan fingerprint density at radius 2 is 2.06 bits per heavy atom. The normalized spacial score (nSPS) is 10.5. The zero-order valence-electron chi connectivity index (χ0n) is 10.2. The highest BCUT2D eigenvalue weighted by Crippen LogP contribution is 2.15. The molecule has 17 heavy (non-hydrogen) atoms. The molecule has 0 bridgehead atoms. The van der Waals surface area contributed by atoms with Crippen molar-refractivity contribution >= 4 is 0 Å². The van der Waals surface area contributed by atoms with Gasteiger partial charge in [0.25, 0.3) is 0 Å². The van der Waals surface area contributed by atoms with Gasteiger partial charge in [-0.1, -0.05) is 13.8 Å². The Balaban J connectivity index is 2.52. The lowest BCUT2D eigenvalue weighted by Crippen LogP contribution is -2.03. The summed E-state index contributed by atoms with van der Waals surface area (Å²) < 4.78 is 1.67. The molecule has 0 fully saturated rings. The smallest absolute Gasteiger partial charge is 0.171 e. The fraction of sp³-hybridized carbons (Fsp3) is 0.308. The van der Waals surface area contributed by atoms with Crippen LogP contribution < -0.4 is 0 Å². The van der Waals surface area contributed by atoms with Gasteiger partial charge in [0.2, 0.25) is 0 Å². The molecule has 0 spiro atoms. The lowest BCUT2D eigenvalue weighted by Gasteiger charge is -2.04. The zero-order valence-corrected chi connectivity index (χ0v) is 10.2. The van der Waals surface area contributed by atoms with Crippen LogP contribution in [0.2, 0.25) is 0 Å². The number of nitriles is 1. The first-order valence-electron chi connectivity index (χ1n) is 5.55. The van der Waals surface area contributed by atoms with Crippen LogP contribution in [0.15, 0.2) is 24.4 Å². The summed E-state index contributed by atoms with van der Waals surface area (Å²) in [6.45, 7) is 6.07. The van der Waals surface area contributed by atoms with E-state index in [0.29, 0.717) is 17.3 Å². The van der Waals surface area contributed by atoms with Crippen LogP contribution in [0.5, 0.6) is 0 Å². The maximum Gasteiger partial charge on any atom is 0.171 e. The summed E-state index contributed by atoms with van der Waals surface area (Å²) in [5.74, 6) is 0.964. The Kier molecular flexibility index (Phi) is 2.92. The minimum atomic E-state index is 0.367. The van der Waals surface area contributed by atoms with Crippen molar-refractivity contribution in [3.63, 3.8) is 0 Å². The largest absolute Gasteiger partial charge is 0.233 e. The number of nitrogens with zero attached hydrogens (tertiary/aromatic N) is 4. The van der Waals surface area contributed by atoms with Crippen LogP contribution >= 0.6 is 0 Å². The lowest BCUT2D eigenvalue weighted by atomic mass is 10.1. The van der Waals surface area contributed by atoms with Gasteiger partial charge in [0.15, 0.2) is 5.82 Å². The lowest BCUT2D eigenvalue weighted by molar-refractivity contribution is 0.755. The molecule has 0 aromatic carbocycles. The molecule has 86 valence electrons. The third kappa shape index (κ3) is 2.18. The second-order valence-corrected chi connectivity index (χ2v) is 4.28. The van der Waals surface area contributed by atoms with Gasteiger partial charge < -0.3 is 0 Å². The Morgan fingerprint density at radius 3 is 2.65 bits per heavy atom. The van der Waals surface area contributed by atoms with Crippen LogP contribution in [0.1, 0.15) is 36.7 Å². The van der Waals surface area contributed by atoms with E-state index in [1.54, 1.807) is 10.7 Å². The summed E-state index contributed by atoms with van der Waals surface area (Å²) in [6, 6.07) is 7.69. The number of pyridine rings is 1. The van der Waals surface area contributed by atoms with Crippen LogP contribution in [-0.2, 0) is 0 Å². The summed E-state index contributed by atoms with van der Waals surface area (Å²) >= 11 is 0. The van der Waals surface area contributed by atoms with Crippen molar-refractivity contribution in [3.05, 3.63) is 41.3 Å². The highest BCUT2D eigenvalue weighted by Gasteiger charge is 2.09. The molecule has 0 aliphatic heterocycles. The Hall–Kier alpha value is -2.15. The van der Waals surface area contributed by atoms with Crippen molar-refractivity contribution in [3.8, 4) is 11.9 Å².